The molecule has 0 aliphatic heterocycles. The van der Waals surface area contributed by atoms with Gasteiger partial charge in [0.2, 0.25) is 0 Å². The van der Waals surface area contributed by atoms with E-state index >= 15 is 0 Å². The van der Waals surface area contributed by atoms with Gasteiger partial charge in [-0.1, -0.05) is 0 Å². The van der Waals surface area contributed by atoms with Crippen LogP contribution in [0.1, 0.15) is 29.3 Å². The maximum atomic E-state index is 13.5. The first-order valence-electron chi connectivity index (χ1n) is 7.38. The summed E-state index contributed by atoms with van der Waals surface area (Å²) in [5.41, 5.74) is -4.63. The molecule has 0 saturated carbocycles. The molecule has 0 spiro atoms. The molecule has 1 aromatic heterocycles. The summed E-state index contributed by atoms with van der Waals surface area (Å²) in [6.45, 7) is 0.807. The Kier molecular flexibility index (Phi) is 5.32. The van der Waals surface area contributed by atoms with Gasteiger partial charge in [0.05, 0.1) is 12.2 Å². The third-order valence-electron chi connectivity index (χ3n) is 3.75. The summed E-state index contributed by atoms with van der Waals surface area (Å²) in [5, 5.41) is 10.8. The lowest BCUT2D eigenvalue weighted by Gasteiger charge is -2.38. The van der Waals surface area contributed by atoms with Crippen LogP contribution in [-0.2, 0) is 17.6 Å². The van der Waals surface area contributed by atoms with Crippen LogP contribution in [0, 0.1) is 11.3 Å². The molecule has 0 fully saturated rings. The van der Waals surface area contributed by atoms with Crippen LogP contribution in [0.3, 0.4) is 0 Å². The van der Waals surface area contributed by atoms with E-state index in [-0.39, 0.29) is 5.56 Å². The average molecular weight is 401 g/mol. The SMILES string of the molecule is CCOC(=O)NC(Nc1sc2c(c1C#N)CCC2)(C(F)(F)F)C(F)(F)F. The molecule has 2 N–H and O–H groups in total. The first-order valence-corrected chi connectivity index (χ1v) is 8.19. The number of carbonyl (C=O) groups excluding carboxylic acids is 1. The van der Waals surface area contributed by atoms with Crippen LogP contribution in [0.25, 0.3) is 0 Å². The Labute approximate surface area is 147 Å². The van der Waals surface area contributed by atoms with Crippen molar-refractivity contribution in [2.24, 2.45) is 0 Å². The minimum absolute atomic E-state index is 0.272. The van der Waals surface area contributed by atoms with Crippen molar-refractivity contribution < 1.29 is 35.9 Å². The second-order valence-corrected chi connectivity index (χ2v) is 6.49. The molecule has 144 valence electrons. The zero-order chi connectivity index (χ0) is 19.8. The van der Waals surface area contributed by atoms with Gasteiger partial charge in [-0.25, -0.2) is 4.79 Å². The van der Waals surface area contributed by atoms with Gasteiger partial charge in [-0.2, -0.15) is 31.6 Å². The van der Waals surface area contributed by atoms with Crippen LogP contribution >= 0.6 is 11.3 Å². The van der Waals surface area contributed by atoms with Gasteiger partial charge in [0.1, 0.15) is 11.1 Å². The summed E-state index contributed by atoms with van der Waals surface area (Å²) in [4.78, 5) is 12.0. The number of carbonyl (C=O) groups is 1. The van der Waals surface area contributed by atoms with E-state index in [1.165, 1.54) is 12.2 Å². The second kappa shape index (κ2) is 6.86. The van der Waals surface area contributed by atoms with E-state index in [1.807, 2.05) is 0 Å². The van der Waals surface area contributed by atoms with Crippen molar-refractivity contribution in [2.75, 3.05) is 11.9 Å². The number of hydrogen-bond acceptors (Lipinski definition) is 5. The van der Waals surface area contributed by atoms with Crippen LogP contribution in [0.4, 0.5) is 36.1 Å². The molecule has 0 radical (unpaired) electrons. The molecule has 0 unspecified atom stereocenters. The van der Waals surface area contributed by atoms with Gasteiger partial charge in [-0.3, -0.25) is 5.32 Å². The summed E-state index contributed by atoms with van der Waals surface area (Å²) < 4.78 is 85.0. The minimum Gasteiger partial charge on any atom is -0.450 e. The Balaban J connectivity index is 2.55. The fourth-order valence-corrected chi connectivity index (χ4v) is 3.87. The van der Waals surface area contributed by atoms with Gasteiger partial charge in [-0.05, 0) is 31.7 Å². The van der Waals surface area contributed by atoms with Gasteiger partial charge in [-0.15, -0.1) is 11.3 Å². The van der Waals surface area contributed by atoms with Gasteiger partial charge >= 0.3 is 24.1 Å². The summed E-state index contributed by atoms with van der Waals surface area (Å²) in [6, 6.07) is 1.65. The summed E-state index contributed by atoms with van der Waals surface area (Å²) >= 11 is 0.647. The van der Waals surface area contributed by atoms with Crippen molar-refractivity contribution in [3.05, 3.63) is 16.0 Å². The lowest BCUT2D eigenvalue weighted by atomic mass is 10.1. The van der Waals surface area contributed by atoms with Crippen molar-refractivity contribution in [2.45, 2.75) is 44.2 Å². The number of fused-ring (bicyclic) bond motifs is 1. The highest BCUT2D eigenvalue weighted by molar-refractivity contribution is 7.16. The van der Waals surface area contributed by atoms with Gasteiger partial charge in [0.25, 0.3) is 0 Å². The van der Waals surface area contributed by atoms with E-state index in [2.05, 4.69) is 4.74 Å². The predicted molar refractivity (Wildman–Crippen MR) is 79.7 cm³/mol. The Morgan fingerprint density at radius 3 is 2.35 bits per heavy atom. The number of hydrogen-bond donors (Lipinski definition) is 2. The highest BCUT2D eigenvalue weighted by Gasteiger charge is 2.73. The molecule has 0 aromatic carbocycles. The first-order chi connectivity index (χ1) is 12.0. The highest BCUT2D eigenvalue weighted by atomic mass is 32.1. The second-order valence-electron chi connectivity index (χ2n) is 5.39. The number of thiophene rings is 1. The van der Waals surface area contributed by atoms with Crippen LogP contribution < -0.4 is 10.6 Å². The Hall–Kier alpha value is -2.16. The number of nitriles is 1. The van der Waals surface area contributed by atoms with E-state index in [0.29, 0.717) is 41.0 Å². The molecular weight excluding hydrogens is 388 g/mol. The van der Waals surface area contributed by atoms with Gasteiger partial charge in [0, 0.05) is 4.88 Å². The predicted octanol–water partition coefficient (Wildman–Crippen LogP) is 4.09. The molecule has 5 nitrogen and oxygen atoms in total. The number of halogens is 6. The number of aryl methyl sites for hydroxylation is 1. The monoisotopic (exact) mass is 401 g/mol. The fraction of sp³-hybridized carbons (Fsp3) is 0.571. The van der Waals surface area contributed by atoms with Crippen LogP contribution in [0.15, 0.2) is 0 Å². The maximum Gasteiger partial charge on any atom is 0.439 e. The van der Waals surface area contributed by atoms with Crippen molar-refractivity contribution in [3.63, 3.8) is 0 Å². The molecule has 0 saturated heterocycles. The third kappa shape index (κ3) is 3.40. The molecule has 1 heterocycles. The zero-order valence-corrected chi connectivity index (χ0v) is 14.1. The van der Waals surface area contributed by atoms with E-state index < -0.39 is 35.7 Å². The van der Waals surface area contributed by atoms with Crippen molar-refractivity contribution in [3.8, 4) is 6.07 Å². The summed E-state index contributed by atoms with van der Waals surface area (Å²) in [5.74, 6) is 0. The third-order valence-corrected chi connectivity index (χ3v) is 4.96. The number of amides is 1. The topological polar surface area (TPSA) is 74.2 Å². The lowest BCUT2D eigenvalue weighted by Crippen LogP contribution is -2.72. The van der Waals surface area contributed by atoms with Crippen LogP contribution in [0.5, 0.6) is 0 Å². The zero-order valence-electron chi connectivity index (χ0n) is 13.3. The molecular formula is C14H13F6N3O2S. The summed E-state index contributed by atoms with van der Waals surface area (Å²) in [6.07, 6.45) is -12.3. The fourth-order valence-electron chi connectivity index (χ4n) is 2.58. The molecule has 26 heavy (non-hydrogen) atoms. The van der Waals surface area contributed by atoms with Gasteiger partial charge in [0.15, 0.2) is 0 Å². The number of nitrogens with zero attached hydrogens (tertiary/aromatic N) is 1. The Morgan fingerprint density at radius 2 is 1.85 bits per heavy atom. The number of alkyl halides is 6. The van der Waals surface area contributed by atoms with E-state index in [0.717, 1.165) is 5.32 Å². The number of anilines is 1. The van der Waals surface area contributed by atoms with Gasteiger partial charge < -0.3 is 10.1 Å². The highest BCUT2D eigenvalue weighted by Crippen LogP contribution is 2.47. The first kappa shape index (κ1) is 20.2. The van der Waals surface area contributed by atoms with E-state index in [4.69, 9.17) is 0 Å². The number of nitrogens with one attached hydrogen (secondary N) is 2. The molecule has 1 aliphatic rings. The van der Waals surface area contributed by atoms with E-state index in [9.17, 15) is 36.4 Å². The number of ether oxygens (including phenoxy) is 1. The smallest absolute Gasteiger partial charge is 0.439 e. The Morgan fingerprint density at radius 1 is 1.23 bits per heavy atom. The molecule has 0 bridgehead atoms. The standard InChI is InChI=1S/C14H13F6N3O2S/c1-2-25-11(24)23-12(13(15,16)17,14(18,19)20)22-10-8(6-21)7-4-3-5-9(7)26-10/h22H,2-5H2,1H3,(H,23,24). The quantitative estimate of drug-likeness (QED) is 0.589. The minimum atomic E-state index is -5.96. The molecule has 12 heteroatoms. The molecule has 0 atom stereocenters. The molecule has 1 amide bonds. The molecule has 1 aliphatic carbocycles. The van der Waals surface area contributed by atoms with Crippen LogP contribution in [0.2, 0.25) is 0 Å². The van der Waals surface area contributed by atoms with Crippen LogP contribution in [-0.4, -0.2) is 30.7 Å². The maximum absolute atomic E-state index is 13.5. The van der Waals surface area contributed by atoms with E-state index in [1.54, 1.807) is 6.07 Å². The number of rotatable bonds is 4. The largest absolute Gasteiger partial charge is 0.450 e. The average Bonchev–Trinajstić information content (AvgIpc) is 3.04. The van der Waals surface area contributed by atoms with Crippen molar-refractivity contribution >= 4 is 22.4 Å². The lowest BCUT2D eigenvalue weighted by molar-refractivity contribution is -0.294. The normalized spacial score (nSPS) is 14.5. The Bertz CT molecular complexity index is 721. The van der Waals surface area contributed by atoms with Crippen molar-refractivity contribution in [1.82, 2.24) is 5.32 Å². The molecule has 1 aromatic rings. The van der Waals surface area contributed by atoms with Crippen molar-refractivity contribution in [1.29, 1.82) is 5.26 Å². The number of alkyl carbamates (subject to hydrolysis) is 1. The summed E-state index contributed by atoms with van der Waals surface area (Å²) in [7, 11) is 0. The molecule has 2 rings (SSSR count).